The van der Waals surface area contributed by atoms with E-state index in [9.17, 15) is 4.39 Å². The van der Waals surface area contributed by atoms with Crippen LogP contribution in [0.5, 0.6) is 0 Å². The molecule has 17 heavy (non-hydrogen) atoms. The number of hydrogen-bond acceptors (Lipinski definition) is 1. The molecule has 1 aliphatic rings. The zero-order valence-electron chi connectivity index (χ0n) is 9.85. The van der Waals surface area contributed by atoms with Crippen molar-refractivity contribution in [3.05, 3.63) is 33.6 Å². The molecule has 1 aliphatic heterocycles. The van der Waals surface area contributed by atoms with Gasteiger partial charge >= 0.3 is 0 Å². The maximum absolute atomic E-state index is 13.4. The molecule has 1 nitrogen and oxygen atoms in total. The molecule has 0 atom stereocenters. The van der Waals surface area contributed by atoms with E-state index >= 15 is 0 Å². The van der Waals surface area contributed by atoms with E-state index in [0.29, 0.717) is 11.6 Å². The molecular formula is C13H16Cl2FN. The molecule has 0 aromatic heterocycles. The molecule has 1 heterocycles. The Morgan fingerprint density at radius 1 is 1.24 bits per heavy atom. The molecule has 2 rings (SSSR count). The van der Waals surface area contributed by atoms with Crippen molar-refractivity contribution in [3.8, 4) is 0 Å². The predicted molar refractivity (Wildman–Crippen MR) is 70.1 cm³/mol. The quantitative estimate of drug-likeness (QED) is 0.725. The smallest absolute Gasteiger partial charge is 0.142 e. The van der Waals surface area contributed by atoms with Gasteiger partial charge in [0.15, 0.2) is 0 Å². The van der Waals surface area contributed by atoms with E-state index in [-0.39, 0.29) is 5.02 Å². The van der Waals surface area contributed by atoms with Crippen molar-refractivity contribution >= 4 is 23.2 Å². The van der Waals surface area contributed by atoms with Gasteiger partial charge in [0.25, 0.3) is 0 Å². The summed E-state index contributed by atoms with van der Waals surface area (Å²) in [6.45, 7) is 5.09. The Morgan fingerprint density at radius 2 is 1.88 bits per heavy atom. The molecule has 1 fully saturated rings. The van der Waals surface area contributed by atoms with E-state index in [1.165, 1.54) is 25.0 Å². The number of rotatable bonds is 2. The maximum atomic E-state index is 13.4. The Bertz CT molecular complexity index is 401. The molecule has 0 spiro atoms. The zero-order chi connectivity index (χ0) is 12.4. The lowest BCUT2D eigenvalue weighted by molar-refractivity contribution is 0.185. The van der Waals surface area contributed by atoms with Crippen LogP contribution in [0.4, 0.5) is 4.39 Å². The molecule has 0 aliphatic carbocycles. The average molecular weight is 276 g/mol. The summed E-state index contributed by atoms with van der Waals surface area (Å²) in [6, 6.07) is 2.93. The van der Waals surface area contributed by atoms with Crippen LogP contribution in [0, 0.1) is 11.7 Å². The Kier molecular flexibility index (Phi) is 4.29. The Morgan fingerprint density at radius 3 is 2.53 bits per heavy atom. The first kappa shape index (κ1) is 13.1. The number of piperidine rings is 1. The highest BCUT2D eigenvalue weighted by molar-refractivity contribution is 6.35. The van der Waals surface area contributed by atoms with Gasteiger partial charge in [0.1, 0.15) is 5.82 Å². The minimum absolute atomic E-state index is 0.0889. The average Bonchev–Trinajstić information content (AvgIpc) is 2.29. The second-order valence-electron chi connectivity index (χ2n) is 4.82. The van der Waals surface area contributed by atoms with Crippen LogP contribution in [0.1, 0.15) is 25.3 Å². The largest absolute Gasteiger partial charge is 0.299 e. The molecule has 0 bridgehead atoms. The molecular weight excluding hydrogens is 260 g/mol. The predicted octanol–water partition coefficient (Wildman–Crippen LogP) is 4.36. The third-order valence-corrected chi connectivity index (χ3v) is 4.00. The van der Waals surface area contributed by atoms with Crippen LogP contribution in [0.2, 0.25) is 10.0 Å². The molecule has 94 valence electrons. The van der Waals surface area contributed by atoms with Crippen molar-refractivity contribution in [2.24, 2.45) is 5.92 Å². The monoisotopic (exact) mass is 275 g/mol. The molecule has 0 radical (unpaired) electrons. The van der Waals surface area contributed by atoms with Gasteiger partial charge in [-0.2, -0.15) is 0 Å². The molecule has 0 unspecified atom stereocenters. The highest BCUT2D eigenvalue weighted by atomic mass is 35.5. The van der Waals surface area contributed by atoms with E-state index < -0.39 is 5.82 Å². The second kappa shape index (κ2) is 5.55. The van der Waals surface area contributed by atoms with Gasteiger partial charge in [-0.3, -0.25) is 4.90 Å². The fraction of sp³-hybridized carbons (Fsp3) is 0.538. The highest BCUT2D eigenvalue weighted by Gasteiger charge is 2.17. The normalized spacial score (nSPS) is 18.6. The van der Waals surface area contributed by atoms with E-state index in [1.54, 1.807) is 0 Å². The molecule has 4 heteroatoms. The third kappa shape index (κ3) is 3.34. The molecule has 1 aromatic carbocycles. The lowest BCUT2D eigenvalue weighted by atomic mass is 9.99. The van der Waals surface area contributed by atoms with Crippen molar-refractivity contribution in [1.82, 2.24) is 4.90 Å². The van der Waals surface area contributed by atoms with Crippen molar-refractivity contribution in [3.63, 3.8) is 0 Å². The van der Waals surface area contributed by atoms with E-state index in [0.717, 1.165) is 24.6 Å². The standard InChI is InChI=1S/C13H16Cl2FN/c1-9-2-4-17(5-3-9)8-10-6-13(16)12(15)7-11(10)14/h6-7,9H,2-5,8H2,1H3. The van der Waals surface area contributed by atoms with Gasteiger partial charge in [-0.05, 0) is 49.5 Å². The number of halogens is 3. The van der Waals surface area contributed by atoms with Crippen molar-refractivity contribution in [1.29, 1.82) is 0 Å². The van der Waals surface area contributed by atoms with E-state index in [4.69, 9.17) is 23.2 Å². The van der Waals surface area contributed by atoms with Gasteiger partial charge in [0.2, 0.25) is 0 Å². The number of likely N-dealkylation sites (tertiary alicyclic amines) is 1. The minimum atomic E-state index is -0.392. The maximum Gasteiger partial charge on any atom is 0.142 e. The summed E-state index contributed by atoms with van der Waals surface area (Å²) >= 11 is 11.7. The fourth-order valence-electron chi connectivity index (χ4n) is 2.15. The number of nitrogens with zero attached hydrogens (tertiary/aromatic N) is 1. The second-order valence-corrected chi connectivity index (χ2v) is 5.63. The summed E-state index contributed by atoms with van der Waals surface area (Å²) in [5.74, 6) is 0.403. The van der Waals surface area contributed by atoms with Gasteiger partial charge in [-0.25, -0.2) is 4.39 Å². The Balaban J connectivity index is 2.06. The Hall–Kier alpha value is -0.310. The third-order valence-electron chi connectivity index (χ3n) is 3.36. The topological polar surface area (TPSA) is 3.24 Å². The molecule has 0 N–H and O–H groups in total. The first-order valence-corrected chi connectivity index (χ1v) is 6.67. The van der Waals surface area contributed by atoms with Crippen LogP contribution in [-0.2, 0) is 6.54 Å². The van der Waals surface area contributed by atoms with Crippen LogP contribution in [0.25, 0.3) is 0 Å². The number of hydrogen-bond donors (Lipinski definition) is 0. The summed E-state index contributed by atoms with van der Waals surface area (Å²) in [5.41, 5.74) is 0.822. The lowest BCUT2D eigenvalue weighted by Gasteiger charge is -2.30. The van der Waals surface area contributed by atoms with Crippen LogP contribution >= 0.6 is 23.2 Å². The minimum Gasteiger partial charge on any atom is -0.299 e. The van der Waals surface area contributed by atoms with Crippen molar-refractivity contribution in [2.45, 2.75) is 26.3 Å². The lowest BCUT2D eigenvalue weighted by Crippen LogP contribution is -2.32. The van der Waals surface area contributed by atoms with Crippen LogP contribution in [0.3, 0.4) is 0 Å². The van der Waals surface area contributed by atoms with Crippen molar-refractivity contribution in [2.75, 3.05) is 13.1 Å². The van der Waals surface area contributed by atoms with Crippen LogP contribution in [0.15, 0.2) is 12.1 Å². The van der Waals surface area contributed by atoms with Gasteiger partial charge in [0, 0.05) is 11.6 Å². The van der Waals surface area contributed by atoms with Crippen molar-refractivity contribution < 1.29 is 4.39 Å². The summed E-state index contributed by atoms with van der Waals surface area (Å²) in [4.78, 5) is 2.31. The molecule has 0 amide bonds. The van der Waals surface area contributed by atoms with Gasteiger partial charge < -0.3 is 0 Å². The molecule has 0 saturated carbocycles. The summed E-state index contributed by atoms with van der Waals surface area (Å²) < 4.78 is 13.4. The van der Waals surface area contributed by atoms with Gasteiger partial charge in [0.05, 0.1) is 5.02 Å². The van der Waals surface area contributed by atoms with Gasteiger partial charge in [-0.15, -0.1) is 0 Å². The van der Waals surface area contributed by atoms with Crippen LogP contribution < -0.4 is 0 Å². The zero-order valence-corrected chi connectivity index (χ0v) is 11.4. The number of benzene rings is 1. The first-order valence-electron chi connectivity index (χ1n) is 5.92. The van der Waals surface area contributed by atoms with E-state index in [1.807, 2.05) is 0 Å². The summed E-state index contributed by atoms with van der Waals surface area (Å²) in [6.07, 6.45) is 2.40. The first-order chi connectivity index (χ1) is 8.06. The van der Waals surface area contributed by atoms with E-state index in [2.05, 4.69) is 11.8 Å². The summed E-state index contributed by atoms with van der Waals surface area (Å²) in [5, 5.41) is 0.640. The molecule has 1 aromatic rings. The highest BCUT2D eigenvalue weighted by Crippen LogP contribution is 2.26. The SMILES string of the molecule is CC1CCN(Cc2cc(F)c(Cl)cc2Cl)CC1. The van der Waals surface area contributed by atoms with Crippen LogP contribution in [-0.4, -0.2) is 18.0 Å². The fourth-order valence-corrected chi connectivity index (χ4v) is 2.59. The summed E-state index contributed by atoms with van der Waals surface area (Å²) in [7, 11) is 0. The van der Waals surface area contributed by atoms with Gasteiger partial charge in [-0.1, -0.05) is 30.1 Å². The Labute approximate surface area is 112 Å². The molecule has 1 saturated heterocycles.